The Morgan fingerprint density at radius 3 is 2.58 bits per heavy atom. The molecule has 19 heavy (non-hydrogen) atoms. The zero-order valence-corrected chi connectivity index (χ0v) is 13.5. The van der Waals surface area contributed by atoms with Crippen LogP contribution < -0.4 is 5.73 Å². The number of aryl methyl sites for hydroxylation is 1. The number of benzene rings is 1. The minimum Gasteiger partial charge on any atom is -0.324 e. The van der Waals surface area contributed by atoms with Crippen molar-refractivity contribution < 1.29 is 0 Å². The number of rotatable bonds is 3. The first-order chi connectivity index (χ1) is 8.95. The lowest BCUT2D eigenvalue weighted by atomic mass is 10.1. The van der Waals surface area contributed by atoms with E-state index in [0.29, 0.717) is 0 Å². The highest BCUT2D eigenvalue weighted by Gasteiger charge is 2.15. The van der Waals surface area contributed by atoms with Gasteiger partial charge in [0.25, 0.3) is 0 Å². The molecular formula is C15H20BrN3. The molecule has 0 aliphatic heterocycles. The van der Waals surface area contributed by atoms with Gasteiger partial charge in [0.1, 0.15) is 0 Å². The van der Waals surface area contributed by atoms with Gasteiger partial charge in [-0.2, -0.15) is 5.10 Å². The quantitative estimate of drug-likeness (QED) is 0.933. The largest absolute Gasteiger partial charge is 0.324 e. The summed E-state index contributed by atoms with van der Waals surface area (Å²) in [7, 11) is 0. The van der Waals surface area contributed by atoms with Gasteiger partial charge in [-0.25, -0.2) is 4.68 Å². The molecule has 2 N–H and O–H groups in total. The predicted molar refractivity (Wildman–Crippen MR) is 82.7 cm³/mol. The van der Waals surface area contributed by atoms with Crippen molar-refractivity contribution in [2.45, 2.75) is 40.2 Å². The highest BCUT2D eigenvalue weighted by atomic mass is 79.9. The Balaban J connectivity index is 2.68. The number of hydrogen-bond acceptors (Lipinski definition) is 2. The highest BCUT2D eigenvalue weighted by molar-refractivity contribution is 9.10. The fourth-order valence-corrected chi connectivity index (χ4v) is 2.86. The lowest BCUT2D eigenvalue weighted by Crippen LogP contribution is -2.11. The van der Waals surface area contributed by atoms with Crippen LogP contribution in [0.4, 0.5) is 0 Å². The molecule has 1 aromatic carbocycles. The standard InChI is InChI=1S/C15H20BrN3/c1-5-13-10(3)18-19(11(13)4)15-8-12(16)6-7-14(15)9(2)17/h6-9H,5,17H2,1-4H3. The number of nitrogens with zero attached hydrogens (tertiary/aromatic N) is 2. The van der Waals surface area contributed by atoms with Crippen molar-refractivity contribution in [2.75, 3.05) is 0 Å². The van der Waals surface area contributed by atoms with E-state index < -0.39 is 0 Å². The summed E-state index contributed by atoms with van der Waals surface area (Å²) >= 11 is 3.53. The molecule has 0 aliphatic rings. The summed E-state index contributed by atoms with van der Waals surface area (Å²) in [5.74, 6) is 0. The molecule has 4 heteroatoms. The van der Waals surface area contributed by atoms with Crippen molar-refractivity contribution in [1.29, 1.82) is 0 Å². The summed E-state index contributed by atoms with van der Waals surface area (Å²) in [5.41, 5.74) is 11.8. The molecule has 1 atom stereocenters. The van der Waals surface area contributed by atoms with Gasteiger partial charge >= 0.3 is 0 Å². The first kappa shape index (κ1) is 14.3. The number of aromatic nitrogens is 2. The van der Waals surface area contributed by atoms with Crippen molar-refractivity contribution in [3.05, 3.63) is 45.2 Å². The average molecular weight is 322 g/mol. The normalized spacial score (nSPS) is 12.7. The summed E-state index contributed by atoms with van der Waals surface area (Å²) < 4.78 is 3.05. The van der Waals surface area contributed by atoms with Crippen LogP contribution >= 0.6 is 15.9 Å². The first-order valence-corrected chi connectivity index (χ1v) is 7.35. The van der Waals surface area contributed by atoms with E-state index in [2.05, 4.69) is 53.9 Å². The van der Waals surface area contributed by atoms with E-state index in [4.69, 9.17) is 5.73 Å². The molecule has 0 bridgehead atoms. The Labute approximate surface area is 122 Å². The minimum absolute atomic E-state index is 0.0166. The molecular weight excluding hydrogens is 302 g/mol. The zero-order valence-electron chi connectivity index (χ0n) is 11.9. The summed E-state index contributed by atoms with van der Waals surface area (Å²) in [6.45, 7) is 8.34. The highest BCUT2D eigenvalue weighted by Crippen LogP contribution is 2.27. The molecule has 0 saturated carbocycles. The van der Waals surface area contributed by atoms with Gasteiger partial charge in [-0.05, 0) is 50.5 Å². The predicted octanol–water partition coefficient (Wildman–Crippen LogP) is 3.83. The summed E-state index contributed by atoms with van der Waals surface area (Å²) in [6, 6.07) is 6.15. The molecule has 0 amide bonds. The average Bonchev–Trinajstić information content (AvgIpc) is 2.63. The molecule has 2 rings (SSSR count). The van der Waals surface area contributed by atoms with E-state index in [0.717, 1.165) is 27.8 Å². The zero-order chi connectivity index (χ0) is 14.2. The van der Waals surface area contributed by atoms with Crippen LogP contribution in [0, 0.1) is 13.8 Å². The SMILES string of the molecule is CCc1c(C)nn(-c2cc(Br)ccc2C(C)N)c1C. The Hall–Kier alpha value is -1.13. The van der Waals surface area contributed by atoms with Gasteiger partial charge in [-0.1, -0.05) is 28.9 Å². The van der Waals surface area contributed by atoms with Crippen molar-refractivity contribution in [2.24, 2.45) is 5.73 Å². The van der Waals surface area contributed by atoms with E-state index in [9.17, 15) is 0 Å². The van der Waals surface area contributed by atoms with Crippen LogP contribution in [0.25, 0.3) is 5.69 Å². The molecule has 0 aliphatic carbocycles. The maximum atomic E-state index is 6.07. The molecule has 1 aromatic heterocycles. The molecule has 2 aromatic rings. The van der Waals surface area contributed by atoms with Crippen molar-refractivity contribution in [3.8, 4) is 5.69 Å². The third-order valence-corrected chi connectivity index (χ3v) is 4.00. The van der Waals surface area contributed by atoms with Gasteiger partial charge in [0.05, 0.1) is 11.4 Å². The van der Waals surface area contributed by atoms with E-state index >= 15 is 0 Å². The monoisotopic (exact) mass is 321 g/mol. The number of nitrogens with two attached hydrogens (primary N) is 1. The number of halogens is 1. The Bertz CT molecular complexity index is 600. The Kier molecular flexibility index (Phi) is 4.11. The van der Waals surface area contributed by atoms with Gasteiger partial charge in [0.15, 0.2) is 0 Å². The maximum Gasteiger partial charge on any atom is 0.0707 e. The molecule has 3 nitrogen and oxygen atoms in total. The van der Waals surface area contributed by atoms with Crippen molar-refractivity contribution in [3.63, 3.8) is 0 Å². The molecule has 1 heterocycles. The fourth-order valence-electron chi connectivity index (χ4n) is 2.51. The molecule has 0 saturated heterocycles. The second-order valence-electron chi connectivity index (χ2n) is 4.91. The van der Waals surface area contributed by atoms with E-state index in [1.54, 1.807) is 0 Å². The van der Waals surface area contributed by atoms with Gasteiger partial charge in [0.2, 0.25) is 0 Å². The van der Waals surface area contributed by atoms with Crippen LogP contribution in [0.2, 0.25) is 0 Å². The van der Waals surface area contributed by atoms with Gasteiger partial charge in [-0.3, -0.25) is 0 Å². The molecule has 102 valence electrons. The van der Waals surface area contributed by atoms with Gasteiger partial charge < -0.3 is 5.73 Å². The molecule has 0 spiro atoms. The van der Waals surface area contributed by atoms with Crippen molar-refractivity contribution in [1.82, 2.24) is 9.78 Å². The Morgan fingerprint density at radius 2 is 2.05 bits per heavy atom. The van der Waals surface area contributed by atoms with Crippen LogP contribution in [0.15, 0.2) is 22.7 Å². The van der Waals surface area contributed by atoms with Crippen LogP contribution in [0.5, 0.6) is 0 Å². The topological polar surface area (TPSA) is 43.8 Å². The summed E-state index contributed by atoms with van der Waals surface area (Å²) in [6.07, 6.45) is 0.999. The third-order valence-electron chi connectivity index (χ3n) is 3.51. The molecule has 1 unspecified atom stereocenters. The third kappa shape index (κ3) is 2.60. The second-order valence-corrected chi connectivity index (χ2v) is 5.82. The fraction of sp³-hybridized carbons (Fsp3) is 0.400. The van der Waals surface area contributed by atoms with Gasteiger partial charge in [0, 0.05) is 16.2 Å². The van der Waals surface area contributed by atoms with E-state index in [-0.39, 0.29) is 6.04 Å². The van der Waals surface area contributed by atoms with E-state index in [1.807, 2.05) is 17.7 Å². The van der Waals surface area contributed by atoms with Crippen LogP contribution in [-0.2, 0) is 6.42 Å². The summed E-state index contributed by atoms with van der Waals surface area (Å²) in [4.78, 5) is 0. The first-order valence-electron chi connectivity index (χ1n) is 6.56. The smallest absolute Gasteiger partial charge is 0.0707 e. The number of hydrogen-bond donors (Lipinski definition) is 1. The lowest BCUT2D eigenvalue weighted by molar-refractivity contribution is 0.765. The lowest BCUT2D eigenvalue weighted by Gasteiger charge is -2.14. The van der Waals surface area contributed by atoms with E-state index in [1.165, 1.54) is 11.3 Å². The van der Waals surface area contributed by atoms with Crippen molar-refractivity contribution >= 4 is 15.9 Å². The molecule has 0 radical (unpaired) electrons. The summed E-state index contributed by atoms with van der Waals surface area (Å²) in [5, 5.41) is 4.68. The van der Waals surface area contributed by atoms with Gasteiger partial charge in [-0.15, -0.1) is 0 Å². The van der Waals surface area contributed by atoms with Crippen LogP contribution in [0.3, 0.4) is 0 Å². The maximum absolute atomic E-state index is 6.07. The Morgan fingerprint density at radius 1 is 1.37 bits per heavy atom. The minimum atomic E-state index is -0.0166. The van der Waals surface area contributed by atoms with Crippen LogP contribution in [0.1, 0.15) is 42.4 Å². The second kappa shape index (κ2) is 5.47. The molecule has 0 fully saturated rings. The van der Waals surface area contributed by atoms with Crippen LogP contribution in [-0.4, -0.2) is 9.78 Å².